The molecule has 3 atom stereocenters. The van der Waals surface area contributed by atoms with E-state index in [0.717, 1.165) is 5.56 Å². The lowest BCUT2D eigenvalue weighted by atomic mass is 9.64. The van der Waals surface area contributed by atoms with Crippen LogP contribution in [0.15, 0.2) is 48.5 Å². The number of aromatic carboxylic acids is 1. The first kappa shape index (κ1) is 25.7. The number of carboxylic acid groups (broad SMARTS) is 1. The average molecular weight is 486 g/mol. The Morgan fingerprint density at radius 3 is 2.29 bits per heavy atom. The Morgan fingerprint density at radius 1 is 1.09 bits per heavy atom. The number of benzene rings is 2. The second-order valence-electron chi connectivity index (χ2n) is 9.81. The van der Waals surface area contributed by atoms with Gasteiger partial charge in [0.05, 0.1) is 11.5 Å². The predicted molar refractivity (Wildman–Crippen MR) is 132 cm³/mol. The smallest absolute Gasteiger partial charge is 0.335 e. The van der Waals surface area contributed by atoms with Gasteiger partial charge >= 0.3 is 5.97 Å². The minimum absolute atomic E-state index is 0.0333. The topological polar surface area (TPSA) is 113 Å². The summed E-state index contributed by atoms with van der Waals surface area (Å²) in [6, 6.07) is 12.9. The zero-order valence-electron chi connectivity index (χ0n) is 20.0. The zero-order chi connectivity index (χ0) is 25.3. The summed E-state index contributed by atoms with van der Waals surface area (Å²) in [6.07, 6.45) is 0.600. The van der Waals surface area contributed by atoms with Gasteiger partial charge in [-0.15, -0.1) is 0 Å². The van der Waals surface area contributed by atoms with E-state index in [9.17, 15) is 14.4 Å². The standard InChI is InChI=1S/C26H32ClN3O4/c1-16(17(2)29-22(31)18-6-5-7-19(14-18)24(33)34)23(32)30-13-12-26(28,25(3,4)15-30)20-8-10-21(27)11-9-20/h5-11,14,16-17H,12-13,15,28H2,1-4H3,(H,29,31)(H,33,34). The third-order valence-corrected chi connectivity index (χ3v) is 7.36. The Balaban J connectivity index is 1.67. The molecule has 3 unspecified atom stereocenters. The van der Waals surface area contributed by atoms with Crippen molar-refractivity contribution in [2.24, 2.45) is 17.1 Å². The molecule has 2 amide bonds. The Labute approximate surface area is 205 Å². The second-order valence-corrected chi connectivity index (χ2v) is 10.2. The summed E-state index contributed by atoms with van der Waals surface area (Å²) in [5, 5.41) is 12.6. The zero-order valence-corrected chi connectivity index (χ0v) is 20.7. The summed E-state index contributed by atoms with van der Waals surface area (Å²) in [6.45, 7) is 8.68. The highest BCUT2D eigenvalue weighted by Crippen LogP contribution is 2.44. The van der Waals surface area contributed by atoms with E-state index in [1.54, 1.807) is 19.9 Å². The maximum atomic E-state index is 13.3. The number of nitrogens with one attached hydrogen (secondary N) is 1. The molecule has 0 spiro atoms. The normalized spacial score (nSPS) is 21.4. The minimum Gasteiger partial charge on any atom is -0.478 e. The van der Waals surface area contributed by atoms with Gasteiger partial charge in [-0.25, -0.2) is 4.79 Å². The molecule has 1 saturated heterocycles. The van der Waals surface area contributed by atoms with E-state index in [0.29, 0.717) is 24.5 Å². The Morgan fingerprint density at radius 2 is 1.71 bits per heavy atom. The van der Waals surface area contributed by atoms with Crippen LogP contribution in [0.2, 0.25) is 5.02 Å². The Hall–Kier alpha value is -2.90. The van der Waals surface area contributed by atoms with Crippen LogP contribution >= 0.6 is 11.6 Å². The van der Waals surface area contributed by atoms with Crippen molar-refractivity contribution in [2.45, 2.75) is 45.7 Å². The van der Waals surface area contributed by atoms with Gasteiger partial charge in [-0.1, -0.05) is 50.6 Å². The predicted octanol–water partition coefficient (Wildman–Crippen LogP) is 3.91. The molecule has 8 heteroatoms. The molecule has 7 nitrogen and oxygen atoms in total. The van der Waals surface area contributed by atoms with Crippen molar-refractivity contribution in [3.05, 3.63) is 70.2 Å². The number of carbonyl (C=O) groups is 3. The largest absolute Gasteiger partial charge is 0.478 e. The van der Waals surface area contributed by atoms with Crippen LogP contribution in [0.1, 0.15) is 60.4 Å². The number of nitrogens with zero attached hydrogens (tertiary/aromatic N) is 1. The fourth-order valence-electron chi connectivity index (χ4n) is 4.53. The summed E-state index contributed by atoms with van der Waals surface area (Å²) < 4.78 is 0. The summed E-state index contributed by atoms with van der Waals surface area (Å²) in [7, 11) is 0. The molecule has 1 fully saturated rings. The van der Waals surface area contributed by atoms with E-state index in [1.807, 2.05) is 29.2 Å². The number of amides is 2. The van der Waals surface area contributed by atoms with Gasteiger partial charge in [-0.2, -0.15) is 0 Å². The van der Waals surface area contributed by atoms with E-state index in [4.69, 9.17) is 22.4 Å². The van der Waals surface area contributed by atoms with Gasteiger partial charge in [0.15, 0.2) is 0 Å². The molecule has 0 aromatic heterocycles. The van der Waals surface area contributed by atoms with E-state index in [2.05, 4.69) is 19.2 Å². The number of rotatable bonds is 6. The molecular formula is C26H32ClN3O4. The van der Waals surface area contributed by atoms with Gasteiger partial charge in [0, 0.05) is 40.7 Å². The molecule has 182 valence electrons. The molecule has 34 heavy (non-hydrogen) atoms. The van der Waals surface area contributed by atoms with E-state index < -0.39 is 34.8 Å². The van der Waals surface area contributed by atoms with E-state index in [-0.39, 0.29) is 17.0 Å². The van der Waals surface area contributed by atoms with Crippen LogP contribution in [0.3, 0.4) is 0 Å². The Bertz CT molecular complexity index is 1090. The van der Waals surface area contributed by atoms with Crippen LogP contribution in [0, 0.1) is 11.3 Å². The van der Waals surface area contributed by atoms with Crippen molar-refractivity contribution in [1.29, 1.82) is 0 Å². The minimum atomic E-state index is -1.10. The third kappa shape index (κ3) is 5.10. The van der Waals surface area contributed by atoms with Crippen LogP contribution in [-0.4, -0.2) is 46.9 Å². The molecule has 4 N–H and O–H groups in total. The van der Waals surface area contributed by atoms with Crippen LogP contribution in [0.25, 0.3) is 0 Å². The van der Waals surface area contributed by atoms with Gasteiger partial charge in [-0.3, -0.25) is 9.59 Å². The SMILES string of the molecule is CC(NC(=O)c1cccc(C(=O)O)c1)C(C)C(=O)N1CCC(N)(c2ccc(Cl)cc2)C(C)(C)C1. The fourth-order valence-corrected chi connectivity index (χ4v) is 4.65. The number of halogens is 1. The van der Waals surface area contributed by atoms with Crippen molar-refractivity contribution < 1.29 is 19.5 Å². The van der Waals surface area contributed by atoms with Gasteiger partial charge < -0.3 is 21.1 Å². The van der Waals surface area contributed by atoms with Crippen molar-refractivity contribution in [1.82, 2.24) is 10.2 Å². The molecular weight excluding hydrogens is 454 g/mol. The molecule has 1 aliphatic rings. The number of likely N-dealkylation sites (tertiary alicyclic amines) is 1. The lowest BCUT2D eigenvalue weighted by Gasteiger charge is -2.52. The molecule has 2 aromatic rings. The average Bonchev–Trinajstić information content (AvgIpc) is 2.80. The lowest BCUT2D eigenvalue weighted by Crippen LogP contribution is -2.62. The maximum absolute atomic E-state index is 13.3. The highest BCUT2D eigenvalue weighted by atomic mass is 35.5. The third-order valence-electron chi connectivity index (χ3n) is 7.11. The number of carbonyl (C=O) groups excluding carboxylic acids is 2. The van der Waals surface area contributed by atoms with Crippen molar-refractivity contribution >= 4 is 29.4 Å². The fraction of sp³-hybridized carbons (Fsp3) is 0.423. The summed E-state index contributed by atoms with van der Waals surface area (Å²) in [5.41, 5.74) is 7.16. The summed E-state index contributed by atoms with van der Waals surface area (Å²) in [4.78, 5) is 39.0. The molecule has 1 aliphatic heterocycles. The van der Waals surface area contributed by atoms with E-state index >= 15 is 0 Å². The molecule has 2 aromatic carbocycles. The molecule has 3 rings (SSSR count). The number of carboxylic acids is 1. The van der Waals surface area contributed by atoms with Gasteiger partial charge in [0.2, 0.25) is 5.91 Å². The van der Waals surface area contributed by atoms with Crippen molar-refractivity contribution in [3.63, 3.8) is 0 Å². The first-order chi connectivity index (χ1) is 15.9. The highest BCUT2D eigenvalue weighted by Gasteiger charge is 2.48. The monoisotopic (exact) mass is 485 g/mol. The first-order valence-corrected chi connectivity index (χ1v) is 11.7. The summed E-state index contributed by atoms with van der Waals surface area (Å²) in [5.74, 6) is -2.05. The van der Waals surface area contributed by atoms with Gasteiger partial charge in [0.25, 0.3) is 5.91 Å². The van der Waals surface area contributed by atoms with Crippen molar-refractivity contribution in [3.8, 4) is 0 Å². The quantitative estimate of drug-likeness (QED) is 0.574. The van der Waals surface area contributed by atoms with Crippen LogP contribution in [0.4, 0.5) is 0 Å². The van der Waals surface area contributed by atoms with Crippen molar-refractivity contribution in [2.75, 3.05) is 13.1 Å². The van der Waals surface area contributed by atoms with E-state index in [1.165, 1.54) is 18.2 Å². The van der Waals surface area contributed by atoms with Gasteiger partial charge in [0.1, 0.15) is 0 Å². The summed E-state index contributed by atoms with van der Waals surface area (Å²) >= 11 is 6.04. The van der Waals surface area contributed by atoms with Crippen LogP contribution < -0.4 is 11.1 Å². The molecule has 0 saturated carbocycles. The first-order valence-electron chi connectivity index (χ1n) is 11.3. The molecule has 0 aliphatic carbocycles. The van der Waals surface area contributed by atoms with Gasteiger partial charge in [-0.05, 0) is 49.2 Å². The lowest BCUT2D eigenvalue weighted by molar-refractivity contribution is -0.141. The second kappa shape index (κ2) is 9.76. The van der Waals surface area contributed by atoms with Crippen LogP contribution in [0.5, 0.6) is 0 Å². The Kier molecular flexibility index (Phi) is 7.38. The number of nitrogens with two attached hydrogens (primary N) is 1. The highest BCUT2D eigenvalue weighted by molar-refractivity contribution is 6.30. The molecule has 1 heterocycles. The number of hydrogen-bond acceptors (Lipinski definition) is 4. The molecule has 0 bridgehead atoms. The van der Waals surface area contributed by atoms with Crippen LogP contribution in [-0.2, 0) is 10.3 Å². The maximum Gasteiger partial charge on any atom is 0.335 e. The number of piperidine rings is 1. The molecule has 0 radical (unpaired) electrons. The number of hydrogen-bond donors (Lipinski definition) is 3.